The van der Waals surface area contributed by atoms with Gasteiger partial charge < -0.3 is 20.4 Å². The van der Waals surface area contributed by atoms with Crippen molar-refractivity contribution in [1.29, 1.82) is 0 Å². The molecule has 1 aliphatic carbocycles. The summed E-state index contributed by atoms with van der Waals surface area (Å²) in [4.78, 5) is 25.0. The normalized spacial score (nSPS) is 14.4. The van der Waals surface area contributed by atoms with Crippen molar-refractivity contribution in [2.24, 2.45) is 0 Å². The molecular formula is C23H22ClN3O3. The SMILES string of the molecule is O=C(NCc1ccco1)Nc1ccc(NC(=O)C2(c3cccc(Cl)c3)CCC2)cc1. The number of benzene rings is 2. The fourth-order valence-corrected chi connectivity index (χ4v) is 3.80. The van der Waals surface area contributed by atoms with Crippen molar-refractivity contribution in [3.8, 4) is 0 Å². The van der Waals surface area contributed by atoms with Gasteiger partial charge in [-0.1, -0.05) is 30.2 Å². The lowest BCUT2D eigenvalue weighted by Crippen LogP contribution is -2.46. The summed E-state index contributed by atoms with van der Waals surface area (Å²) in [6.45, 7) is 0.304. The molecule has 154 valence electrons. The van der Waals surface area contributed by atoms with Crippen LogP contribution >= 0.6 is 11.6 Å². The minimum atomic E-state index is -0.534. The molecule has 4 rings (SSSR count). The number of anilines is 2. The van der Waals surface area contributed by atoms with E-state index in [2.05, 4.69) is 16.0 Å². The number of urea groups is 1. The van der Waals surface area contributed by atoms with Crippen LogP contribution in [0, 0.1) is 0 Å². The first kappa shape index (κ1) is 20.0. The first-order chi connectivity index (χ1) is 14.5. The van der Waals surface area contributed by atoms with Crippen molar-refractivity contribution in [3.63, 3.8) is 0 Å². The van der Waals surface area contributed by atoms with Gasteiger partial charge in [0.15, 0.2) is 0 Å². The van der Waals surface area contributed by atoms with Gasteiger partial charge in [0.1, 0.15) is 5.76 Å². The standard InChI is InChI=1S/C23H22ClN3O3/c24-17-5-1-4-16(14-17)23(11-3-12-23)21(28)26-18-7-9-19(10-8-18)27-22(29)25-15-20-6-2-13-30-20/h1-2,4-10,13-14H,3,11-12,15H2,(H,26,28)(H2,25,27,29). The van der Waals surface area contributed by atoms with E-state index in [1.165, 1.54) is 0 Å². The summed E-state index contributed by atoms with van der Waals surface area (Å²) in [7, 11) is 0. The second-order valence-electron chi connectivity index (χ2n) is 7.36. The van der Waals surface area contributed by atoms with Crippen molar-refractivity contribution in [2.75, 3.05) is 10.6 Å². The molecule has 2 aromatic carbocycles. The summed E-state index contributed by atoms with van der Waals surface area (Å²) in [5.41, 5.74) is 1.71. The average Bonchev–Trinajstić information content (AvgIpc) is 3.21. The van der Waals surface area contributed by atoms with Gasteiger partial charge in [-0.05, 0) is 66.9 Å². The Morgan fingerprint density at radius 1 is 0.967 bits per heavy atom. The van der Waals surface area contributed by atoms with Gasteiger partial charge >= 0.3 is 6.03 Å². The van der Waals surface area contributed by atoms with Crippen LogP contribution in [0.4, 0.5) is 16.2 Å². The molecule has 0 unspecified atom stereocenters. The summed E-state index contributed by atoms with van der Waals surface area (Å²) < 4.78 is 5.18. The lowest BCUT2D eigenvalue weighted by Gasteiger charge is -2.40. The maximum absolute atomic E-state index is 13.0. The van der Waals surface area contributed by atoms with E-state index in [9.17, 15) is 9.59 Å². The molecule has 0 radical (unpaired) electrons. The number of furan rings is 1. The van der Waals surface area contributed by atoms with Gasteiger partial charge in [0.25, 0.3) is 0 Å². The third kappa shape index (κ3) is 4.33. The van der Waals surface area contributed by atoms with Gasteiger partial charge in [0.05, 0.1) is 18.2 Å². The Morgan fingerprint density at radius 3 is 2.30 bits per heavy atom. The van der Waals surface area contributed by atoms with E-state index < -0.39 is 5.41 Å². The Hall–Kier alpha value is -3.25. The third-order valence-electron chi connectivity index (χ3n) is 5.42. The molecule has 1 aliphatic rings. The number of hydrogen-bond donors (Lipinski definition) is 3. The average molecular weight is 424 g/mol. The summed E-state index contributed by atoms with van der Waals surface area (Å²) in [5, 5.41) is 9.10. The molecule has 0 atom stereocenters. The van der Waals surface area contributed by atoms with E-state index in [1.807, 2.05) is 24.3 Å². The van der Waals surface area contributed by atoms with Crippen molar-refractivity contribution < 1.29 is 14.0 Å². The monoisotopic (exact) mass is 423 g/mol. The molecule has 1 heterocycles. The Morgan fingerprint density at radius 2 is 1.70 bits per heavy atom. The third-order valence-corrected chi connectivity index (χ3v) is 5.66. The molecule has 3 aromatic rings. The first-order valence-electron chi connectivity index (χ1n) is 9.80. The minimum absolute atomic E-state index is 0.0343. The highest BCUT2D eigenvalue weighted by molar-refractivity contribution is 6.30. The summed E-state index contributed by atoms with van der Waals surface area (Å²) in [5.74, 6) is 0.640. The summed E-state index contributed by atoms with van der Waals surface area (Å²) in [6, 6.07) is 17.8. The molecule has 1 saturated carbocycles. The van der Waals surface area contributed by atoms with Crippen molar-refractivity contribution >= 4 is 34.9 Å². The Bertz CT molecular complexity index is 1030. The van der Waals surface area contributed by atoms with Gasteiger partial charge in [-0.15, -0.1) is 0 Å². The van der Waals surface area contributed by atoms with Crippen LogP contribution in [-0.4, -0.2) is 11.9 Å². The maximum Gasteiger partial charge on any atom is 0.319 e. The van der Waals surface area contributed by atoms with Gasteiger partial charge in [-0.3, -0.25) is 4.79 Å². The van der Waals surface area contributed by atoms with Crippen LogP contribution in [0.3, 0.4) is 0 Å². The number of nitrogens with one attached hydrogen (secondary N) is 3. The zero-order valence-electron chi connectivity index (χ0n) is 16.3. The zero-order chi connectivity index (χ0) is 21.0. The van der Waals surface area contributed by atoms with Gasteiger partial charge in [-0.2, -0.15) is 0 Å². The van der Waals surface area contributed by atoms with E-state index in [0.29, 0.717) is 28.7 Å². The number of hydrogen-bond acceptors (Lipinski definition) is 3. The molecule has 1 fully saturated rings. The second kappa shape index (κ2) is 8.63. The van der Waals surface area contributed by atoms with E-state index in [4.69, 9.17) is 16.0 Å². The largest absolute Gasteiger partial charge is 0.467 e. The predicted octanol–water partition coefficient (Wildman–Crippen LogP) is 5.32. The number of amides is 3. The molecule has 0 bridgehead atoms. The Balaban J connectivity index is 1.36. The van der Waals surface area contributed by atoms with Crippen LogP contribution < -0.4 is 16.0 Å². The Labute approximate surface area is 179 Å². The number of carbonyl (C=O) groups is 2. The molecule has 1 aromatic heterocycles. The van der Waals surface area contributed by atoms with Crippen molar-refractivity contribution in [3.05, 3.63) is 83.3 Å². The fraction of sp³-hybridized carbons (Fsp3) is 0.217. The molecule has 0 saturated heterocycles. The number of halogens is 1. The van der Waals surface area contributed by atoms with Crippen LogP contribution in [0.1, 0.15) is 30.6 Å². The highest BCUT2D eigenvalue weighted by atomic mass is 35.5. The lowest BCUT2D eigenvalue weighted by molar-refractivity contribution is -0.124. The first-order valence-corrected chi connectivity index (χ1v) is 10.2. The molecule has 3 amide bonds. The maximum atomic E-state index is 13.0. The van der Waals surface area contributed by atoms with Crippen LogP contribution in [0.2, 0.25) is 5.02 Å². The molecule has 7 heteroatoms. The van der Waals surface area contributed by atoms with E-state index in [-0.39, 0.29) is 11.9 Å². The zero-order valence-corrected chi connectivity index (χ0v) is 17.0. The summed E-state index contributed by atoms with van der Waals surface area (Å²) >= 11 is 6.13. The van der Waals surface area contributed by atoms with Gasteiger partial charge in [-0.25, -0.2) is 4.79 Å². The molecular weight excluding hydrogens is 402 g/mol. The van der Waals surface area contributed by atoms with Crippen molar-refractivity contribution in [2.45, 2.75) is 31.2 Å². The van der Waals surface area contributed by atoms with Crippen LogP contribution in [0.25, 0.3) is 0 Å². The Kier molecular flexibility index (Phi) is 5.77. The molecule has 30 heavy (non-hydrogen) atoms. The predicted molar refractivity (Wildman–Crippen MR) is 117 cm³/mol. The van der Waals surface area contributed by atoms with E-state index in [1.54, 1.807) is 42.7 Å². The highest BCUT2D eigenvalue weighted by Crippen LogP contribution is 2.45. The minimum Gasteiger partial charge on any atom is -0.467 e. The molecule has 0 aliphatic heterocycles. The number of rotatable bonds is 6. The fourth-order valence-electron chi connectivity index (χ4n) is 3.61. The smallest absolute Gasteiger partial charge is 0.319 e. The lowest BCUT2D eigenvalue weighted by atomic mass is 9.64. The number of carbonyl (C=O) groups excluding carboxylic acids is 2. The van der Waals surface area contributed by atoms with Crippen LogP contribution in [0.15, 0.2) is 71.3 Å². The highest BCUT2D eigenvalue weighted by Gasteiger charge is 2.45. The van der Waals surface area contributed by atoms with E-state index in [0.717, 1.165) is 24.8 Å². The van der Waals surface area contributed by atoms with E-state index >= 15 is 0 Å². The molecule has 0 spiro atoms. The second-order valence-corrected chi connectivity index (χ2v) is 7.80. The summed E-state index contributed by atoms with van der Waals surface area (Å²) in [6.07, 6.45) is 4.17. The van der Waals surface area contributed by atoms with Gasteiger partial charge in [0, 0.05) is 16.4 Å². The molecule has 6 nitrogen and oxygen atoms in total. The van der Waals surface area contributed by atoms with Gasteiger partial charge in [0.2, 0.25) is 5.91 Å². The van der Waals surface area contributed by atoms with Crippen LogP contribution in [0.5, 0.6) is 0 Å². The topological polar surface area (TPSA) is 83.4 Å². The van der Waals surface area contributed by atoms with Crippen LogP contribution in [-0.2, 0) is 16.8 Å². The molecule has 3 N–H and O–H groups in total. The van der Waals surface area contributed by atoms with Crippen molar-refractivity contribution in [1.82, 2.24) is 5.32 Å². The quantitative estimate of drug-likeness (QED) is 0.502.